The number of rotatable bonds is 5. The van der Waals surface area contributed by atoms with E-state index >= 15 is 0 Å². The second-order valence-corrected chi connectivity index (χ2v) is 7.64. The van der Waals surface area contributed by atoms with Crippen LogP contribution in [0.4, 0.5) is 0 Å². The highest BCUT2D eigenvalue weighted by Crippen LogP contribution is 2.18. The van der Waals surface area contributed by atoms with Crippen LogP contribution in [0, 0.1) is 0 Å². The van der Waals surface area contributed by atoms with Gasteiger partial charge in [0.1, 0.15) is 0 Å². The van der Waals surface area contributed by atoms with E-state index in [0.717, 1.165) is 0 Å². The molecule has 22 heavy (non-hydrogen) atoms. The minimum Gasteiger partial charge on any atom is -0.343 e. The smallest absolute Gasteiger partial charge is 0.222 e. The Morgan fingerprint density at radius 3 is 2.55 bits per heavy atom. The monoisotopic (exact) mass is 344 g/mol. The highest BCUT2D eigenvalue weighted by molar-refractivity contribution is 7.88. The number of halogens is 1. The van der Waals surface area contributed by atoms with Crippen LogP contribution in [-0.4, -0.2) is 38.4 Å². The summed E-state index contributed by atoms with van der Waals surface area (Å²) >= 11 is 6.01. The third kappa shape index (κ3) is 4.69. The maximum absolute atomic E-state index is 12.2. The van der Waals surface area contributed by atoms with E-state index in [4.69, 9.17) is 11.6 Å². The number of carbonyl (C=O) groups is 1. The molecule has 0 saturated carbocycles. The van der Waals surface area contributed by atoms with Gasteiger partial charge in [-0.2, -0.15) is 0 Å². The first-order valence-electron chi connectivity index (χ1n) is 7.42. The maximum Gasteiger partial charge on any atom is 0.222 e. The first kappa shape index (κ1) is 17.2. The number of hydrogen-bond donors (Lipinski definition) is 1. The van der Waals surface area contributed by atoms with Gasteiger partial charge in [0.05, 0.1) is 5.75 Å². The molecule has 0 radical (unpaired) electrons. The summed E-state index contributed by atoms with van der Waals surface area (Å²) < 4.78 is 27.2. The number of nitrogens with zero attached hydrogens (tertiary/aromatic N) is 1. The molecule has 0 unspecified atom stereocenters. The summed E-state index contributed by atoms with van der Waals surface area (Å²) in [4.78, 5) is 13.4. The quantitative estimate of drug-likeness (QED) is 0.890. The molecule has 7 heteroatoms. The Morgan fingerprint density at radius 1 is 1.32 bits per heavy atom. The number of carbonyl (C=O) groups excluding carboxylic acids is 1. The Bertz CT molecular complexity index is 625. The van der Waals surface area contributed by atoms with Crippen molar-refractivity contribution in [3.8, 4) is 0 Å². The van der Waals surface area contributed by atoms with Crippen LogP contribution in [0.5, 0.6) is 0 Å². The second kappa shape index (κ2) is 7.44. The van der Waals surface area contributed by atoms with Gasteiger partial charge in [-0.1, -0.05) is 36.7 Å². The number of likely N-dealkylation sites (tertiary alicyclic amines) is 1. The molecular formula is C15H21ClN2O3S. The Kier molecular flexibility index (Phi) is 5.83. The Morgan fingerprint density at radius 2 is 1.95 bits per heavy atom. The molecule has 0 aliphatic carbocycles. The summed E-state index contributed by atoms with van der Waals surface area (Å²) in [5.74, 6) is -0.00166. The molecule has 1 saturated heterocycles. The third-order valence-corrected chi connectivity index (χ3v) is 5.55. The van der Waals surface area contributed by atoms with Crippen LogP contribution in [0.1, 0.15) is 31.7 Å². The second-order valence-electron chi connectivity index (χ2n) is 5.48. The number of piperidine rings is 1. The number of amides is 1. The minimum atomic E-state index is -3.44. The van der Waals surface area contributed by atoms with Gasteiger partial charge in [-0.05, 0) is 24.5 Å². The molecule has 0 bridgehead atoms. The lowest BCUT2D eigenvalue weighted by atomic mass is 10.1. The van der Waals surface area contributed by atoms with Crippen LogP contribution in [-0.2, 0) is 20.6 Å². The van der Waals surface area contributed by atoms with Crippen LogP contribution in [0.2, 0.25) is 5.02 Å². The van der Waals surface area contributed by atoms with E-state index in [1.807, 2.05) is 6.92 Å². The summed E-state index contributed by atoms with van der Waals surface area (Å²) in [6.07, 6.45) is 1.78. The molecule has 0 aromatic heterocycles. The van der Waals surface area contributed by atoms with Gasteiger partial charge in [0.2, 0.25) is 15.9 Å². The lowest BCUT2D eigenvalue weighted by Gasteiger charge is -2.32. The number of sulfonamides is 1. The van der Waals surface area contributed by atoms with E-state index in [9.17, 15) is 13.2 Å². The molecular weight excluding hydrogens is 324 g/mol. The average molecular weight is 345 g/mol. The van der Waals surface area contributed by atoms with Gasteiger partial charge < -0.3 is 4.90 Å². The topological polar surface area (TPSA) is 66.5 Å². The van der Waals surface area contributed by atoms with E-state index in [1.165, 1.54) is 0 Å². The van der Waals surface area contributed by atoms with Crippen LogP contribution in [0.3, 0.4) is 0 Å². The third-order valence-electron chi connectivity index (χ3n) is 3.80. The normalized spacial score (nSPS) is 16.7. The van der Waals surface area contributed by atoms with E-state index < -0.39 is 10.0 Å². The van der Waals surface area contributed by atoms with Gasteiger partial charge in [-0.3, -0.25) is 4.79 Å². The van der Waals surface area contributed by atoms with Gasteiger partial charge in [-0.25, -0.2) is 13.1 Å². The Balaban J connectivity index is 1.91. The molecule has 1 N–H and O–H groups in total. The zero-order valence-electron chi connectivity index (χ0n) is 12.6. The van der Waals surface area contributed by atoms with Gasteiger partial charge in [-0.15, -0.1) is 0 Å². The fourth-order valence-electron chi connectivity index (χ4n) is 2.59. The highest BCUT2D eigenvalue weighted by Gasteiger charge is 2.25. The van der Waals surface area contributed by atoms with Crippen LogP contribution in [0.15, 0.2) is 24.3 Å². The lowest BCUT2D eigenvalue weighted by molar-refractivity contribution is -0.131. The molecule has 1 aromatic rings. The van der Waals surface area contributed by atoms with Gasteiger partial charge in [0, 0.05) is 30.6 Å². The highest BCUT2D eigenvalue weighted by atomic mass is 35.5. The zero-order chi connectivity index (χ0) is 16.2. The average Bonchev–Trinajstić information content (AvgIpc) is 2.49. The molecule has 122 valence electrons. The first-order chi connectivity index (χ1) is 10.4. The van der Waals surface area contributed by atoms with E-state index in [0.29, 0.717) is 42.9 Å². The maximum atomic E-state index is 12.2. The Hall–Kier alpha value is -1.11. The summed E-state index contributed by atoms with van der Waals surface area (Å²) in [5, 5.41) is 0.455. The van der Waals surface area contributed by atoms with Gasteiger partial charge in [0.15, 0.2) is 0 Å². The van der Waals surface area contributed by atoms with Crippen LogP contribution in [0.25, 0.3) is 0 Å². The minimum absolute atomic E-state index is 0.117. The van der Waals surface area contributed by atoms with Crippen molar-refractivity contribution in [1.82, 2.24) is 9.62 Å². The molecule has 0 atom stereocenters. The fourth-order valence-corrected chi connectivity index (χ4v) is 4.36. The molecule has 1 aliphatic rings. The number of benzene rings is 1. The first-order valence-corrected chi connectivity index (χ1v) is 9.45. The lowest BCUT2D eigenvalue weighted by Crippen LogP contribution is -2.46. The molecule has 5 nitrogen and oxygen atoms in total. The predicted octanol–water partition coefficient (Wildman–Crippen LogP) is 2.16. The molecule has 1 aliphatic heterocycles. The van der Waals surface area contributed by atoms with Crippen molar-refractivity contribution in [3.05, 3.63) is 34.9 Å². The predicted molar refractivity (Wildman–Crippen MR) is 87.1 cm³/mol. The zero-order valence-corrected chi connectivity index (χ0v) is 14.2. The standard InChI is InChI=1S/C15H21ClN2O3S/c1-2-15(19)18-9-7-13(8-10-18)17-22(20,21)11-12-5-3-4-6-14(12)16/h3-6,13,17H,2,7-11H2,1H3. The van der Waals surface area contributed by atoms with E-state index in [1.54, 1.807) is 29.2 Å². The van der Waals surface area contributed by atoms with Crippen molar-refractivity contribution in [1.29, 1.82) is 0 Å². The van der Waals surface area contributed by atoms with Crippen LogP contribution < -0.4 is 4.72 Å². The van der Waals surface area contributed by atoms with Crippen molar-refractivity contribution in [3.63, 3.8) is 0 Å². The molecule has 1 heterocycles. The summed E-state index contributed by atoms with van der Waals surface area (Å²) in [6.45, 7) is 3.04. The van der Waals surface area contributed by atoms with E-state index in [2.05, 4.69) is 4.72 Å². The van der Waals surface area contributed by atoms with Crippen molar-refractivity contribution in [2.45, 2.75) is 38.0 Å². The summed E-state index contributed by atoms with van der Waals surface area (Å²) in [5.41, 5.74) is 0.593. The summed E-state index contributed by atoms with van der Waals surface area (Å²) in [6, 6.07) is 6.82. The largest absolute Gasteiger partial charge is 0.343 e. The van der Waals surface area contributed by atoms with Crippen LogP contribution >= 0.6 is 11.6 Å². The Labute approximate surface area is 136 Å². The molecule has 1 amide bonds. The van der Waals surface area contributed by atoms with Crippen molar-refractivity contribution in [2.24, 2.45) is 0 Å². The number of hydrogen-bond acceptors (Lipinski definition) is 3. The molecule has 1 fully saturated rings. The van der Waals surface area contributed by atoms with E-state index in [-0.39, 0.29) is 17.7 Å². The van der Waals surface area contributed by atoms with Crippen molar-refractivity contribution in [2.75, 3.05) is 13.1 Å². The van der Waals surface area contributed by atoms with Gasteiger partial charge >= 0.3 is 0 Å². The fraction of sp³-hybridized carbons (Fsp3) is 0.533. The summed E-state index contributed by atoms with van der Waals surface area (Å²) in [7, 11) is -3.44. The molecule has 2 rings (SSSR count). The number of nitrogens with one attached hydrogen (secondary N) is 1. The molecule has 0 spiro atoms. The van der Waals surface area contributed by atoms with Gasteiger partial charge in [0.25, 0.3) is 0 Å². The van der Waals surface area contributed by atoms with Crippen molar-refractivity contribution < 1.29 is 13.2 Å². The SMILES string of the molecule is CCC(=O)N1CCC(NS(=O)(=O)Cc2ccccc2Cl)CC1. The molecule has 1 aromatic carbocycles. The van der Waals surface area contributed by atoms with Crippen molar-refractivity contribution >= 4 is 27.5 Å².